The van der Waals surface area contributed by atoms with E-state index in [-0.39, 0.29) is 22.5 Å². The number of hydrogen-bond acceptors (Lipinski definition) is 8. The third-order valence-electron chi connectivity index (χ3n) is 8.65. The largest absolute Gasteiger partial charge is 0.444 e. The Bertz CT molecular complexity index is 2210. The highest BCUT2D eigenvalue weighted by Crippen LogP contribution is 2.41. The third kappa shape index (κ3) is 5.85. The van der Waals surface area contributed by atoms with E-state index >= 15 is 4.39 Å². The third-order valence-corrected chi connectivity index (χ3v) is 8.65. The minimum atomic E-state index is -0.610. The van der Waals surface area contributed by atoms with Gasteiger partial charge in [0.05, 0.1) is 30.8 Å². The Morgan fingerprint density at radius 3 is 2.62 bits per heavy atom. The molecular formula is C35H36FN7O5. The average molecular weight is 654 g/mol. The molecule has 5 aromatic rings. The van der Waals surface area contributed by atoms with Gasteiger partial charge in [-0.2, -0.15) is 5.10 Å². The number of nitrogens with one attached hydrogen (secondary N) is 1. The summed E-state index contributed by atoms with van der Waals surface area (Å²) in [7, 11) is 1.61. The van der Waals surface area contributed by atoms with Gasteiger partial charge in [0.15, 0.2) is 5.82 Å². The molecule has 2 N–H and O–H groups in total. The van der Waals surface area contributed by atoms with E-state index in [0.29, 0.717) is 53.4 Å². The molecule has 1 amide bonds. The zero-order chi connectivity index (χ0) is 33.9. The van der Waals surface area contributed by atoms with Gasteiger partial charge in [-0.1, -0.05) is 6.07 Å². The molecule has 4 aromatic heterocycles. The number of nitrogens with zero attached hydrogens (tertiary/aromatic N) is 6. The number of aromatic nitrogens is 5. The van der Waals surface area contributed by atoms with Crippen LogP contribution in [0.25, 0.3) is 27.7 Å². The highest BCUT2D eigenvalue weighted by molar-refractivity contribution is 5.83. The summed E-state index contributed by atoms with van der Waals surface area (Å²) in [6, 6.07) is 10.1. The number of halogens is 1. The first-order chi connectivity index (χ1) is 22.9. The van der Waals surface area contributed by atoms with Crippen LogP contribution in [0.2, 0.25) is 0 Å². The Kier molecular flexibility index (Phi) is 7.66. The summed E-state index contributed by atoms with van der Waals surface area (Å²) in [5.74, 6) is 0.341. The van der Waals surface area contributed by atoms with Crippen molar-refractivity contribution in [3.8, 4) is 16.9 Å². The lowest BCUT2D eigenvalue weighted by atomic mass is 10.0. The molecule has 0 radical (unpaired) electrons. The Hall–Kier alpha value is -5.30. The van der Waals surface area contributed by atoms with Crippen LogP contribution in [0.5, 0.6) is 0 Å². The summed E-state index contributed by atoms with van der Waals surface area (Å²) in [5.41, 5.74) is 1.84. The monoisotopic (exact) mass is 653 g/mol. The van der Waals surface area contributed by atoms with Crippen molar-refractivity contribution in [3.05, 3.63) is 98.3 Å². The number of ether oxygens (including phenoxy) is 1. The van der Waals surface area contributed by atoms with Crippen molar-refractivity contribution in [2.75, 3.05) is 11.9 Å². The van der Waals surface area contributed by atoms with Crippen LogP contribution in [0.4, 0.5) is 20.7 Å². The summed E-state index contributed by atoms with van der Waals surface area (Å²) < 4.78 is 25.2. The van der Waals surface area contributed by atoms with Gasteiger partial charge in [0, 0.05) is 49.4 Å². The van der Waals surface area contributed by atoms with Gasteiger partial charge in [0.25, 0.3) is 11.1 Å². The predicted octanol–water partition coefficient (Wildman–Crippen LogP) is 4.95. The lowest BCUT2D eigenvalue weighted by molar-refractivity contribution is 0.0194. The second-order valence-electron chi connectivity index (χ2n) is 13.4. The lowest BCUT2D eigenvalue weighted by Gasteiger charge is -2.30. The van der Waals surface area contributed by atoms with E-state index in [2.05, 4.69) is 15.4 Å². The number of rotatable bonds is 6. The molecule has 2 aliphatic rings. The molecular weight excluding hydrogens is 617 g/mol. The first-order valence-electron chi connectivity index (χ1n) is 15.9. The second kappa shape index (κ2) is 11.7. The van der Waals surface area contributed by atoms with Crippen molar-refractivity contribution in [2.45, 2.75) is 64.8 Å². The summed E-state index contributed by atoms with van der Waals surface area (Å²) in [6.07, 6.45) is 6.31. The van der Waals surface area contributed by atoms with Crippen LogP contribution >= 0.6 is 0 Å². The van der Waals surface area contributed by atoms with Gasteiger partial charge in [-0.3, -0.25) is 18.8 Å². The fourth-order valence-corrected chi connectivity index (χ4v) is 6.18. The molecule has 0 spiro atoms. The molecule has 7 rings (SSSR count). The Morgan fingerprint density at radius 1 is 1.10 bits per heavy atom. The van der Waals surface area contributed by atoms with Crippen LogP contribution in [-0.4, -0.2) is 52.1 Å². The molecule has 1 saturated carbocycles. The topological polar surface area (TPSA) is 137 Å². The minimum Gasteiger partial charge on any atom is -0.444 e. The van der Waals surface area contributed by atoms with Crippen LogP contribution in [0.3, 0.4) is 0 Å². The van der Waals surface area contributed by atoms with E-state index in [1.165, 1.54) is 21.4 Å². The zero-order valence-electron chi connectivity index (χ0n) is 27.2. The second-order valence-corrected chi connectivity index (χ2v) is 13.4. The molecule has 1 aromatic carbocycles. The van der Waals surface area contributed by atoms with Crippen LogP contribution < -0.4 is 16.4 Å². The maximum atomic E-state index is 15.3. The molecule has 0 atom stereocenters. The first kappa shape index (κ1) is 31.3. The van der Waals surface area contributed by atoms with Crippen LogP contribution in [-0.2, 0) is 31.5 Å². The Balaban J connectivity index is 1.21. The maximum absolute atomic E-state index is 15.3. The van der Waals surface area contributed by atoms with Gasteiger partial charge in [0.1, 0.15) is 22.9 Å². The number of hydrogen-bond donors (Lipinski definition) is 2. The maximum Gasteiger partial charge on any atom is 0.410 e. The van der Waals surface area contributed by atoms with E-state index in [4.69, 9.17) is 4.74 Å². The average Bonchev–Trinajstić information content (AvgIpc) is 3.81. The van der Waals surface area contributed by atoms with E-state index in [9.17, 15) is 19.5 Å². The molecule has 0 saturated heterocycles. The number of aliphatic hydroxyl groups excluding tert-OH is 1. The molecule has 0 unspecified atom stereocenters. The number of aryl methyl sites for hydroxylation is 1. The van der Waals surface area contributed by atoms with Crippen molar-refractivity contribution in [2.24, 2.45) is 7.05 Å². The van der Waals surface area contributed by atoms with Gasteiger partial charge in [-0.15, -0.1) is 0 Å². The molecule has 12 nitrogen and oxygen atoms in total. The van der Waals surface area contributed by atoms with Gasteiger partial charge in [-0.05, 0) is 80.3 Å². The number of anilines is 2. The molecule has 48 heavy (non-hydrogen) atoms. The normalized spacial score (nSPS) is 14.7. The SMILES string of the molecule is Cn1cc(-c2ccnc(-n3ccc4cc(C5CC5)cc(F)c4c3=O)c2CO)cc(Nc2cc3n(n2)CCN(C(=O)OC(C)(C)C)C3)c1=O. The van der Waals surface area contributed by atoms with Crippen molar-refractivity contribution in [1.82, 2.24) is 28.8 Å². The summed E-state index contributed by atoms with van der Waals surface area (Å²) in [4.78, 5) is 45.5. The van der Waals surface area contributed by atoms with E-state index in [1.807, 2.05) is 26.8 Å². The lowest BCUT2D eigenvalue weighted by Crippen LogP contribution is -2.41. The number of benzene rings is 1. The standard InChI is InChI=1S/C35H36FN7O5/c1-35(2,3)48-34(47)41-11-12-43-24(18-41)16-29(39-43)38-28-15-23(17-40(4)32(28)45)25-7-9-37-31(26(25)19-44)42-10-8-21-13-22(20-5-6-20)14-27(36)30(21)33(42)46/h7-10,13-17,20,44H,5-6,11-12,18-19H2,1-4H3,(H,38,39). The van der Waals surface area contributed by atoms with E-state index in [1.54, 1.807) is 53.3 Å². The quantitative estimate of drug-likeness (QED) is 0.263. The molecule has 0 bridgehead atoms. The van der Waals surface area contributed by atoms with Crippen LogP contribution in [0, 0.1) is 5.82 Å². The number of carbonyl (C=O) groups is 1. The van der Waals surface area contributed by atoms with Gasteiger partial charge < -0.3 is 24.6 Å². The summed E-state index contributed by atoms with van der Waals surface area (Å²) in [6.45, 7) is 6.19. The molecule has 13 heteroatoms. The number of pyridine rings is 3. The van der Waals surface area contributed by atoms with Crippen molar-refractivity contribution >= 4 is 28.4 Å². The molecule has 1 aliphatic heterocycles. The molecule has 248 valence electrons. The Morgan fingerprint density at radius 2 is 1.90 bits per heavy atom. The fraction of sp³-hybridized carbons (Fsp3) is 0.343. The van der Waals surface area contributed by atoms with Crippen molar-refractivity contribution < 1.29 is 19.0 Å². The minimum absolute atomic E-state index is 0.0384. The smallest absolute Gasteiger partial charge is 0.410 e. The van der Waals surface area contributed by atoms with E-state index < -0.39 is 29.7 Å². The number of amides is 1. The number of aliphatic hydroxyl groups is 1. The fourth-order valence-electron chi connectivity index (χ4n) is 6.18. The van der Waals surface area contributed by atoms with Crippen LogP contribution in [0.15, 0.2) is 64.6 Å². The first-order valence-corrected chi connectivity index (χ1v) is 15.9. The van der Waals surface area contributed by atoms with Gasteiger partial charge in [-0.25, -0.2) is 14.2 Å². The van der Waals surface area contributed by atoms with Gasteiger partial charge in [0.2, 0.25) is 0 Å². The molecule has 1 fully saturated rings. The highest BCUT2D eigenvalue weighted by atomic mass is 19.1. The molecule has 5 heterocycles. The highest BCUT2D eigenvalue weighted by Gasteiger charge is 2.28. The van der Waals surface area contributed by atoms with Crippen molar-refractivity contribution in [1.29, 1.82) is 0 Å². The van der Waals surface area contributed by atoms with Crippen molar-refractivity contribution in [3.63, 3.8) is 0 Å². The van der Waals surface area contributed by atoms with E-state index in [0.717, 1.165) is 24.1 Å². The summed E-state index contributed by atoms with van der Waals surface area (Å²) in [5, 5.41) is 18.8. The summed E-state index contributed by atoms with van der Waals surface area (Å²) >= 11 is 0. The number of carbonyl (C=O) groups excluding carboxylic acids is 1. The van der Waals surface area contributed by atoms with Gasteiger partial charge >= 0.3 is 6.09 Å². The Labute approximate surface area is 275 Å². The predicted molar refractivity (Wildman–Crippen MR) is 178 cm³/mol. The van der Waals surface area contributed by atoms with Crippen LogP contribution in [0.1, 0.15) is 56.4 Å². The molecule has 1 aliphatic carbocycles. The zero-order valence-corrected chi connectivity index (χ0v) is 27.2. The number of fused-ring (bicyclic) bond motifs is 2.